The highest BCUT2D eigenvalue weighted by atomic mass is 16.3. The topological polar surface area (TPSA) is 20.2 Å². The van der Waals surface area contributed by atoms with Crippen LogP contribution in [0, 0.1) is 0 Å². The highest BCUT2D eigenvalue weighted by Gasteiger charge is 2.33. The van der Waals surface area contributed by atoms with E-state index in [9.17, 15) is 5.11 Å². The predicted molar refractivity (Wildman–Crippen MR) is 121 cm³/mol. The molecule has 1 heteroatoms. The number of aliphatic hydroxyl groups is 1. The molecule has 0 fully saturated rings. The van der Waals surface area contributed by atoms with Crippen molar-refractivity contribution in [3.63, 3.8) is 0 Å². The molecule has 1 nitrogen and oxygen atoms in total. The van der Waals surface area contributed by atoms with Crippen molar-refractivity contribution in [2.45, 2.75) is 0 Å². The van der Waals surface area contributed by atoms with Gasteiger partial charge in [0.25, 0.3) is 0 Å². The van der Waals surface area contributed by atoms with E-state index in [1.165, 1.54) is 0 Å². The summed E-state index contributed by atoms with van der Waals surface area (Å²) in [6.07, 6.45) is 8.32. The molecule has 0 atom stereocenters. The lowest BCUT2D eigenvalue weighted by molar-refractivity contribution is 0.442. The van der Waals surface area contributed by atoms with Crippen molar-refractivity contribution < 1.29 is 5.11 Å². The third-order valence-electron chi connectivity index (χ3n) is 5.36. The van der Waals surface area contributed by atoms with Gasteiger partial charge in [0.05, 0.1) is 0 Å². The summed E-state index contributed by atoms with van der Waals surface area (Å²) < 4.78 is 0. The molecular weight excluding hydrogens is 352 g/mol. The Morgan fingerprint density at radius 3 is 1.31 bits per heavy atom. The predicted octanol–water partition coefficient (Wildman–Crippen LogP) is 7.00. The van der Waals surface area contributed by atoms with E-state index in [1.807, 2.05) is 66.7 Å². The molecule has 29 heavy (non-hydrogen) atoms. The Morgan fingerprint density at radius 2 is 0.828 bits per heavy atom. The lowest BCUT2D eigenvalue weighted by Gasteiger charge is -2.14. The first-order chi connectivity index (χ1) is 14.3. The molecule has 0 aromatic heterocycles. The van der Waals surface area contributed by atoms with E-state index in [0.29, 0.717) is 5.76 Å². The normalized spacial score (nSPS) is 15.7. The van der Waals surface area contributed by atoms with Crippen LogP contribution < -0.4 is 0 Å². The average molecular weight is 372 g/mol. The van der Waals surface area contributed by atoms with E-state index in [1.54, 1.807) is 0 Å². The summed E-state index contributed by atoms with van der Waals surface area (Å²) in [6.45, 7) is 0. The number of aliphatic hydroxyl groups excluding tert-OH is 1. The van der Waals surface area contributed by atoms with E-state index in [-0.39, 0.29) is 0 Å². The smallest absolute Gasteiger partial charge is 0.132 e. The Balaban J connectivity index is 1.88. The number of allylic oxidation sites excluding steroid dienone is 9. The second-order valence-electron chi connectivity index (χ2n) is 7.12. The van der Waals surface area contributed by atoms with Crippen LogP contribution in [0.25, 0.3) is 16.7 Å². The summed E-state index contributed by atoms with van der Waals surface area (Å²) in [7, 11) is 0. The van der Waals surface area contributed by atoms with Crippen molar-refractivity contribution in [2.75, 3.05) is 0 Å². The summed E-state index contributed by atoms with van der Waals surface area (Å²) in [5, 5.41) is 11.6. The molecule has 0 bridgehead atoms. The van der Waals surface area contributed by atoms with Crippen LogP contribution in [0.5, 0.6) is 0 Å². The molecule has 0 saturated heterocycles. The number of benzene rings is 3. The average Bonchev–Trinajstić information content (AvgIpc) is 3.41. The van der Waals surface area contributed by atoms with Crippen molar-refractivity contribution in [3.8, 4) is 0 Å². The maximum absolute atomic E-state index is 11.6. The van der Waals surface area contributed by atoms with E-state index >= 15 is 0 Å². The fraction of sp³-hybridized carbons (Fsp3) is 0. The molecule has 3 aromatic rings. The van der Waals surface area contributed by atoms with Crippen LogP contribution in [0.4, 0.5) is 0 Å². The first kappa shape index (κ1) is 17.3. The largest absolute Gasteiger partial charge is 0.507 e. The van der Waals surface area contributed by atoms with Crippen LogP contribution in [-0.4, -0.2) is 5.11 Å². The lowest BCUT2D eigenvalue weighted by Crippen LogP contribution is -1.95. The molecule has 3 aromatic carbocycles. The van der Waals surface area contributed by atoms with Crippen molar-refractivity contribution in [1.82, 2.24) is 0 Å². The molecule has 0 amide bonds. The minimum atomic E-state index is 0.331. The van der Waals surface area contributed by atoms with Crippen LogP contribution in [0.1, 0.15) is 16.7 Å². The molecule has 138 valence electrons. The van der Waals surface area contributed by atoms with Gasteiger partial charge in [-0.25, -0.2) is 0 Å². The van der Waals surface area contributed by atoms with Gasteiger partial charge in [0.2, 0.25) is 0 Å². The maximum atomic E-state index is 11.6. The zero-order valence-corrected chi connectivity index (χ0v) is 15.9. The fourth-order valence-corrected chi connectivity index (χ4v) is 4.11. The third-order valence-corrected chi connectivity index (χ3v) is 5.36. The SMILES string of the molecule is OC1=C(c2ccccc2)C(=C2C=CC=C2)C(c2ccccc2)=C1c1ccccc1. The molecule has 0 heterocycles. The molecule has 0 aliphatic heterocycles. The Kier molecular flexibility index (Phi) is 4.34. The fourth-order valence-electron chi connectivity index (χ4n) is 4.11. The Labute approximate surface area is 171 Å². The molecule has 5 rings (SSSR count). The second-order valence-corrected chi connectivity index (χ2v) is 7.12. The Bertz CT molecular complexity index is 1190. The molecule has 0 unspecified atom stereocenters. The molecular formula is C28H20O. The summed E-state index contributed by atoms with van der Waals surface area (Å²) >= 11 is 0. The van der Waals surface area contributed by atoms with Gasteiger partial charge in [0.15, 0.2) is 0 Å². The van der Waals surface area contributed by atoms with Crippen LogP contribution in [0.2, 0.25) is 0 Å². The third kappa shape index (κ3) is 2.97. The van der Waals surface area contributed by atoms with Crippen molar-refractivity contribution >= 4 is 16.7 Å². The zero-order valence-electron chi connectivity index (χ0n) is 15.9. The van der Waals surface area contributed by atoms with Crippen LogP contribution >= 0.6 is 0 Å². The van der Waals surface area contributed by atoms with Crippen molar-refractivity contribution in [2.24, 2.45) is 0 Å². The maximum Gasteiger partial charge on any atom is 0.132 e. The van der Waals surface area contributed by atoms with Crippen molar-refractivity contribution in [3.05, 3.63) is 149 Å². The quantitative estimate of drug-likeness (QED) is 0.524. The standard InChI is InChI=1S/C28H20O/c29-28-26(22-14-6-2-7-15-22)24(20-12-4-1-5-13-20)25(21-18-10-11-19-21)27(28)23-16-8-3-9-17-23/h1-19,29H. The van der Waals surface area contributed by atoms with Gasteiger partial charge < -0.3 is 5.11 Å². The van der Waals surface area contributed by atoms with E-state index in [2.05, 4.69) is 48.6 Å². The van der Waals surface area contributed by atoms with E-state index in [0.717, 1.165) is 44.6 Å². The summed E-state index contributed by atoms with van der Waals surface area (Å²) in [6, 6.07) is 30.6. The zero-order chi connectivity index (χ0) is 19.6. The summed E-state index contributed by atoms with van der Waals surface area (Å²) in [5.74, 6) is 0.331. The van der Waals surface area contributed by atoms with Gasteiger partial charge in [-0.05, 0) is 22.3 Å². The number of rotatable bonds is 3. The van der Waals surface area contributed by atoms with Crippen LogP contribution in [0.3, 0.4) is 0 Å². The number of hydrogen-bond donors (Lipinski definition) is 1. The first-order valence-corrected chi connectivity index (χ1v) is 9.78. The van der Waals surface area contributed by atoms with Gasteiger partial charge in [0.1, 0.15) is 5.76 Å². The number of hydrogen-bond acceptors (Lipinski definition) is 1. The minimum absolute atomic E-state index is 0.331. The van der Waals surface area contributed by atoms with E-state index < -0.39 is 0 Å². The summed E-state index contributed by atoms with van der Waals surface area (Å²) in [4.78, 5) is 0. The molecule has 0 saturated carbocycles. The van der Waals surface area contributed by atoms with Crippen LogP contribution in [-0.2, 0) is 0 Å². The Hall–Kier alpha value is -3.84. The summed E-state index contributed by atoms with van der Waals surface area (Å²) in [5.41, 5.74) is 8.14. The molecule has 2 aliphatic rings. The van der Waals surface area contributed by atoms with Gasteiger partial charge >= 0.3 is 0 Å². The van der Waals surface area contributed by atoms with Crippen LogP contribution in [0.15, 0.2) is 132 Å². The van der Waals surface area contributed by atoms with Gasteiger partial charge in [-0.2, -0.15) is 0 Å². The van der Waals surface area contributed by atoms with Gasteiger partial charge in [-0.1, -0.05) is 115 Å². The molecule has 2 aliphatic carbocycles. The van der Waals surface area contributed by atoms with Gasteiger partial charge in [0, 0.05) is 22.3 Å². The Morgan fingerprint density at radius 1 is 0.414 bits per heavy atom. The molecule has 0 spiro atoms. The lowest BCUT2D eigenvalue weighted by atomic mass is 9.88. The van der Waals surface area contributed by atoms with Crippen molar-refractivity contribution in [1.29, 1.82) is 0 Å². The van der Waals surface area contributed by atoms with E-state index in [4.69, 9.17) is 0 Å². The second kappa shape index (κ2) is 7.29. The monoisotopic (exact) mass is 372 g/mol. The highest BCUT2D eigenvalue weighted by molar-refractivity contribution is 6.20. The molecule has 0 radical (unpaired) electrons. The highest BCUT2D eigenvalue weighted by Crippen LogP contribution is 2.51. The van der Waals surface area contributed by atoms with Gasteiger partial charge in [-0.15, -0.1) is 0 Å². The van der Waals surface area contributed by atoms with Gasteiger partial charge in [-0.3, -0.25) is 0 Å². The minimum Gasteiger partial charge on any atom is -0.507 e. The first-order valence-electron chi connectivity index (χ1n) is 9.78. The molecule has 1 N–H and O–H groups in total.